The van der Waals surface area contributed by atoms with Crippen LogP contribution in [0.4, 0.5) is 5.69 Å². The second kappa shape index (κ2) is 4.93. The van der Waals surface area contributed by atoms with Gasteiger partial charge in [-0.1, -0.05) is 12.1 Å². The first kappa shape index (κ1) is 11.5. The van der Waals surface area contributed by atoms with E-state index in [-0.39, 0.29) is 6.04 Å². The van der Waals surface area contributed by atoms with Crippen LogP contribution in [0.15, 0.2) is 47.1 Å². The smallest absolute Gasteiger partial charge is 0.204 e. The summed E-state index contributed by atoms with van der Waals surface area (Å²) in [5, 5.41) is 17.3. The van der Waals surface area contributed by atoms with Gasteiger partial charge in [-0.25, -0.2) is 0 Å². The first-order valence-electron chi connectivity index (χ1n) is 5.97. The number of rotatable bonds is 4. The molecule has 0 saturated carbocycles. The van der Waals surface area contributed by atoms with E-state index in [1.807, 2.05) is 43.3 Å². The first-order valence-corrected chi connectivity index (χ1v) is 5.97. The van der Waals surface area contributed by atoms with Gasteiger partial charge in [0, 0.05) is 11.3 Å². The summed E-state index contributed by atoms with van der Waals surface area (Å²) >= 11 is 0. The summed E-state index contributed by atoms with van der Waals surface area (Å²) in [4.78, 5) is 0. The molecule has 0 radical (unpaired) electrons. The lowest BCUT2D eigenvalue weighted by Gasteiger charge is -2.13. The van der Waals surface area contributed by atoms with E-state index >= 15 is 0 Å². The van der Waals surface area contributed by atoms with Crippen molar-refractivity contribution in [2.45, 2.75) is 13.0 Å². The van der Waals surface area contributed by atoms with Gasteiger partial charge in [0.25, 0.3) is 0 Å². The summed E-state index contributed by atoms with van der Waals surface area (Å²) in [6, 6.07) is 11.8. The van der Waals surface area contributed by atoms with Gasteiger partial charge < -0.3 is 9.73 Å². The number of nitrogens with one attached hydrogen (secondary N) is 2. The van der Waals surface area contributed by atoms with Crippen molar-refractivity contribution in [3.05, 3.63) is 48.4 Å². The van der Waals surface area contributed by atoms with Gasteiger partial charge in [0.15, 0.2) is 0 Å². The van der Waals surface area contributed by atoms with Crippen molar-refractivity contribution in [3.63, 3.8) is 0 Å². The Morgan fingerprint density at radius 3 is 2.95 bits per heavy atom. The second-order valence-corrected chi connectivity index (χ2v) is 4.20. The van der Waals surface area contributed by atoms with Crippen LogP contribution in [-0.4, -0.2) is 20.6 Å². The van der Waals surface area contributed by atoms with Crippen molar-refractivity contribution in [2.75, 3.05) is 5.32 Å². The lowest BCUT2D eigenvalue weighted by Crippen LogP contribution is -2.05. The predicted molar refractivity (Wildman–Crippen MR) is 70.4 cm³/mol. The van der Waals surface area contributed by atoms with Gasteiger partial charge in [-0.2, -0.15) is 5.21 Å². The van der Waals surface area contributed by atoms with Crippen molar-refractivity contribution < 1.29 is 4.42 Å². The van der Waals surface area contributed by atoms with Gasteiger partial charge in [0.1, 0.15) is 5.76 Å². The molecule has 0 bridgehead atoms. The fraction of sp³-hybridized carbons (Fsp3) is 0.154. The monoisotopic (exact) mass is 255 g/mol. The van der Waals surface area contributed by atoms with Crippen LogP contribution in [-0.2, 0) is 0 Å². The normalized spacial score (nSPS) is 12.3. The van der Waals surface area contributed by atoms with Crippen LogP contribution in [0.5, 0.6) is 0 Å². The summed E-state index contributed by atoms with van der Waals surface area (Å²) in [6.45, 7) is 2.04. The van der Waals surface area contributed by atoms with E-state index < -0.39 is 0 Å². The molecule has 2 N–H and O–H groups in total. The van der Waals surface area contributed by atoms with Crippen molar-refractivity contribution in [2.24, 2.45) is 0 Å². The highest BCUT2D eigenvalue weighted by molar-refractivity contribution is 5.62. The standard InChI is InChI=1S/C13H13N5O/c1-9(12-6-3-7-19-12)14-11-5-2-4-10(8-11)13-15-17-18-16-13/h2-9,14H,1H3,(H,15,16,17,18). The number of nitrogens with zero attached hydrogens (tertiary/aromatic N) is 3. The maximum atomic E-state index is 5.37. The lowest BCUT2D eigenvalue weighted by molar-refractivity contribution is 0.490. The molecule has 1 unspecified atom stereocenters. The minimum Gasteiger partial charge on any atom is -0.467 e. The number of hydrogen-bond donors (Lipinski definition) is 2. The highest BCUT2D eigenvalue weighted by atomic mass is 16.3. The molecule has 2 aromatic heterocycles. The molecule has 96 valence electrons. The molecule has 1 aromatic carbocycles. The van der Waals surface area contributed by atoms with Crippen LogP contribution in [0.1, 0.15) is 18.7 Å². The molecule has 0 amide bonds. The zero-order valence-corrected chi connectivity index (χ0v) is 10.4. The maximum Gasteiger partial charge on any atom is 0.204 e. The summed E-state index contributed by atoms with van der Waals surface area (Å²) in [5.74, 6) is 1.47. The number of furan rings is 1. The lowest BCUT2D eigenvalue weighted by atomic mass is 10.1. The Kier molecular flexibility index (Phi) is 2.97. The van der Waals surface area contributed by atoms with Gasteiger partial charge >= 0.3 is 0 Å². The molecule has 0 aliphatic heterocycles. The molecule has 1 atom stereocenters. The summed E-state index contributed by atoms with van der Waals surface area (Å²) in [7, 11) is 0. The summed E-state index contributed by atoms with van der Waals surface area (Å²) in [5.41, 5.74) is 1.89. The topological polar surface area (TPSA) is 79.6 Å². The van der Waals surface area contributed by atoms with Crippen LogP contribution < -0.4 is 5.32 Å². The van der Waals surface area contributed by atoms with Crippen molar-refractivity contribution in [3.8, 4) is 11.4 Å². The third-order valence-electron chi connectivity index (χ3n) is 2.82. The number of hydrogen-bond acceptors (Lipinski definition) is 5. The summed E-state index contributed by atoms with van der Waals surface area (Å²) < 4.78 is 5.37. The molecule has 0 aliphatic rings. The Bertz CT molecular complexity index is 633. The Hall–Kier alpha value is -2.63. The van der Waals surface area contributed by atoms with Gasteiger partial charge in [0.05, 0.1) is 12.3 Å². The molecule has 3 aromatic rings. The molecule has 6 heteroatoms. The zero-order chi connectivity index (χ0) is 13.1. The van der Waals surface area contributed by atoms with E-state index in [1.165, 1.54) is 0 Å². The molecule has 2 heterocycles. The number of anilines is 1. The van der Waals surface area contributed by atoms with E-state index in [0.29, 0.717) is 5.82 Å². The molecule has 6 nitrogen and oxygen atoms in total. The van der Waals surface area contributed by atoms with E-state index in [0.717, 1.165) is 17.0 Å². The molecular weight excluding hydrogens is 242 g/mol. The predicted octanol–water partition coefficient (Wildman–Crippen LogP) is 2.63. The molecule has 0 fully saturated rings. The minimum atomic E-state index is 0.0931. The minimum absolute atomic E-state index is 0.0931. The zero-order valence-electron chi connectivity index (χ0n) is 10.4. The Morgan fingerprint density at radius 2 is 2.21 bits per heavy atom. The molecule has 19 heavy (non-hydrogen) atoms. The third-order valence-corrected chi connectivity index (χ3v) is 2.82. The van der Waals surface area contributed by atoms with Gasteiger partial charge in [0.2, 0.25) is 5.82 Å². The summed E-state index contributed by atoms with van der Waals surface area (Å²) in [6.07, 6.45) is 1.67. The quantitative estimate of drug-likeness (QED) is 0.749. The van der Waals surface area contributed by atoms with E-state index in [9.17, 15) is 0 Å². The highest BCUT2D eigenvalue weighted by Crippen LogP contribution is 2.23. The number of H-pyrrole nitrogens is 1. The third kappa shape index (κ3) is 2.47. The Morgan fingerprint density at radius 1 is 1.26 bits per heavy atom. The molecule has 0 saturated heterocycles. The van der Waals surface area contributed by atoms with E-state index in [2.05, 4.69) is 25.9 Å². The maximum absolute atomic E-state index is 5.37. The largest absolute Gasteiger partial charge is 0.467 e. The number of aromatic amines is 1. The highest BCUT2D eigenvalue weighted by Gasteiger charge is 2.09. The van der Waals surface area contributed by atoms with Gasteiger partial charge in [-0.3, -0.25) is 0 Å². The van der Waals surface area contributed by atoms with Crippen molar-refractivity contribution in [1.82, 2.24) is 20.6 Å². The van der Waals surface area contributed by atoms with Crippen molar-refractivity contribution >= 4 is 5.69 Å². The number of benzene rings is 1. The van der Waals surface area contributed by atoms with Crippen LogP contribution in [0.25, 0.3) is 11.4 Å². The van der Waals surface area contributed by atoms with E-state index in [1.54, 1.807) is 6.26 Å². The average Bonchev–Trinajstić information content (AvgIpc) is 3.13. The Labute approximate surface area is 109 Å². The van der Waals surface area contributed by atoms with Crippen LogP contribution in [0.2, 0.25) is 0 Å². The number of tetrazole rings is 1. The molecule has 3 rings (SSSR count). The Balaban J connectivity index is 1.80. The SMILES string of the molecule is CC(Nc1cccc(-c2nn[nH]n2)c1)c1ccco1. The molecule has 0 spiro atoms. The van der Waals surface area contributed by atoms with Crippen LogP contribution in [0.3, 0.4) is 0 Å². The van der Waals surface area contributed by atoms with Crippen LogP contribution >= 0.6 is 0 Å². The second-order valence-electron chi connectivity index (χ2n) is 4.20. The average molecular weight is 255 g/mol. The fourth-order valence-corrected chi connectivity index (χ4v) is 1.89. The van der Waals surface area contributed by atoms with Crippen LogP contribution in [0, 0.1) is 0 Å². The van der Waals surface area contributed by atoms with Gasteiger partial charge in [-0.15, -0.1) is 10.2 Å². The fourth-order valence-electron chi connectivity index (χ4n) is 1.89. The van der Waals surface area contributed by atoms with Crippen molar-refractivity contribution in [1.29, 1.82) is 0 Å². The first-order chi connectivity index (χ1) is 9.33. The number of aromatic nitrogens is 4. The van der Waals surface area contributed by atoms with E-state index in [4.69, 9.17) is 4.42 Å². The van der Waals surface area contributed by atoms with Gasteiger partial charge in [-0.05, 0) is 36.4 Å². The molecule has 0 aliphatic carbocycles. The molecular formula is C13H13N5O.